The van der Waals surface area contributed by atoms with E-state index in [9.17, 15) is 12.8 Å². The number of aryl methyl sites for hydroxylation is 1. The van der Waals surface area contributed by atoms with E-state index in [4.69, 9.17) is 5.11 Å². The van der Waals surface area contributed by atoms with Crippen molar-refractivity contribution in [1.29, 1.82) is 0 Å². The first-order valence-electron chi connectivity index (χ1n) is 5.91. The Hall–Kier alpha value is -1.92. The molecule has 0 saturated carbocycles. The van der Waals surface area contributed by atoms with Gasteiger partial charge in [0.2, 0.25) is 0 Å². The third kappa shape index (κ3) is 3.15. The van der Waals surface area contributed by atoms with Crippen LogP contribution < -0.4 is 4.72 Å². The number of hydrogen-bond acceptors (Lipinski definition) is 3. The third-order valence-electron chi connectivity index (χ3n) is 2.80. The van der Waals surface area contributed by atoms with Gasteiger partial charge in [0.1, 0.15) is 5.82 Å². The molecule has 0 bridgehead atoms. The monoisotopic (exact) mass is 295 g/mol. The summed E-state index contributed by atoms with van der Waals surface area (Å²) in [5.74, 6) is -0.611. The minimum absolute atomic E-state index is 0.105. The lowest BCUT2D eigenvalue weighted by molar-refractivity contribution is 0.282. The molecule has 106 valence electrons. The van der Waals surface area contributed by atoms with Crippen molar-refractivity contribution in [3.63, 3.8) is 0 Å². The standard InChI is InChI=1S/C14H14FNO3S/c1-10-5-6-12(15)8-14(10)20(18,19)16-13-4-2-3-11(7-13)9-17/h2-8,16-17H,9H2,1H3. The molecule has 0 unspecified atom stereocenters. The molecule has 0 aromatic heterocycles. The number of benzene rings is 2. The first-order chi connectivity index (χ1) is 9.42. The maximum absolute atomic E-state index is 13.2. The number of hydrogen-bond donors (Lipinski definition) is 2. The molecular formula is C14H14FNO3S. The van der Waals surface area contributed by atoms with Gasteiger partial charge in [-0.3, -0.25) is 4.72 Å². The third-order valence-corrected chi connectivity index (χ3v) is 4.32. The molecule has 0 heterocycles. The number of halogens is 1. The number of aliphatic hydroxyl groups excluding tert-OH is 1. The molecule has 6 heteroatoms. The second kappa shape index (κ2) is 5.60. The van der Waals surface area contributed by atoms with Crippen molar-refractivity contribution in [2.45, 2.75) is 18.4 Å². The summed E-state index contributed by atoms with van der Waals surface area (Å²) in [5.41, 5.74) is 1.36. The fourth-order valence-corrected chi connectivity index (χ4v) is 3.11. The van der Waals surface area contributed by atoms with Gasteiger partial charge in [0.25, 0.3) is 10.0 Å². The molecule has 4 nitrogen and oxygen atoms in total. The minimum atomic E-state index is -3.86. The van der Waals surface area contributed by atoms with Gasteiger partial charge in [0.05, 0.1) is 11.5 Å². The van der Waals surface area contributed by atoms with Crippen LogP contribution >= 0.6 is 0 Å². The van der Waals surface area contributed by atoms with Crippen molar-refractivity contribution in [1.82, 2.24) is 0 Å². The molecule has 0 fully saturated rings. The largest absolute Gasteiger partial charge is 0.392 e. The number of rotatable bonds is 4. The Morgan fingerprint density at radius 1 is 1.20 bits per heavy atom. The zero-order valence-electron chi connectivity index (χ0n) is 10.8. The Bertz CT molecular complexity index is 729. The zero-order chi connectivity index (χ0) is 14.8. The maximum Gasteiger partial charge on any atom is 0.262 e. The number of sulfonamides is 1. The lowest BCUT2D eigenvalue weighted by Gasteiger charge is -2.11. The van der Waals surface area contributed by atoms with E-state index in [1.165, 1.54) is 18.2 Å². The van der Waals surface area contributed by atoms with Gasteiger partial charge < -0.3 is 5.11 Å². The summed E-state index contributed by atoms with van der Waals surface area (Å²) in [5, 5.41) is 9.03. The lowest BCUT2D eigenvalue weighted by atomic mass is 10.2. The summed E-state index contributed by atoms with van der Waals surface area (Å²) in [4.78, 5) is -0.105. The summed E-state index contributed by atoms with van der Waals surface area (Å²) < 4.78 is 40.0. The van der Waals surface area contributed by atoms with Crippen LogP contribution in [-0.4, -0.2) is 13.5 Å². The molecule has 0 saturated heterocycles. The number of aliphatic hydroxyl groups is 1. The fourth-order valence-electron chi connectivity index (χ4n) is 1.81. The van der Waals surface area contributed by atoms with E-state index in [0.29, 0.717) is 16.8 Å². The van der Waals surface area contributed by atoms with E-state index < -0.39 is 15.8 Å². The van der Waals surface area contributed by atoms with Crippen LogP contribution in [0.3, 0.4) is 0 Å². The van der Waals surface area contributed by atoms with Crippen molar-refractivity contribution in [2.24, 2.45) is 0 Å². The predicted molar refractivity (Wildman–Crippen MR) is 74.3 cm³/mol. The molecule has 0 amide bonds. The lowest BCUT2D eigenvalue weighted by Crippen LogP contribution is -2.14. The second-order valence-electron chi connectivity index (χ2n) is 4.37. The van der Waals surface area contributed by atoms with Gasteiger partial charge in [-0.2, -0.15) is 0 Å². The zero-order valence-corrected chi connectivity index (χ0v) is 11.6. The molecular weight excluding hydrogens is 281 g/mol. The van der Waals surface area contributed by atoms with Crippen LogP contribution in [0.25, 0.3) is 0 Å². The van der Waals surface area contributed by atoms with Crippen LogP contribution in [0, 0.1) is 12.7 Å². The van der Waals surface area contributed by atoms with Crippen molar-refractivity contribution in [3.8, 4) is 0 Å². The molecule has 0 aliphatic heterocycles. The summed E-state index contributed by atoms with van der Waals surface area (Å²) in [6.45, 7) is 1.41. The van der Waals surface area contributed by atoms with Crippen LogP contribution in [0.15, 0.2) is 47.4 Å². The highest BCUT2D eigenvalue weighted by molar-refractivity contribution is 7.92. The molecule has 2 aromatic carbocycles. The van der Waals surface area contributed by atoms with Gasteiger partial charge in [0.15, 0.2) is 0 Å². The van der Waals surface area contributed by atoms with E-state index >= 15 is 0 Å². The average molecular weight is 295 g/mol. The molecule has 0 atom stereocenters. The van der Waals surface area contributed by atoms with Crippen LogP contribution in [0.5, 0.6) is 0 Å². The SMILES string of the molecule is Cc1ccc(F)cc1S(=O)(=O)Nc1cccc(CO)c1. The van der Waals surface area contributed by atoms with Gasteiger partial charge in [-0.25, -0.2) is 12.8 Å². The van der Waals surface area contributed by atoms with Crippen LogP contribution in [0.4, 0.5) is 10.1 Å². The number of anilines is 1. The number of nitrogens with one attached hydrogen (secondary N) is 1. The van der Waals surface area contributed by atoms with Gasteiger partial charge in [0, 0.05) is 5.69 Å². The Kier molecular flexibility index (Phi) is 4.06. The molecule has 2 N–H and O–H groups in total. The fraction of sp³-hybridized carbons (Fsp3) is 0.143. The van der Waals surface area contributed by atoms with Gasteiger partial charge in [-0.1, -0.05) is 18.2 Å². The smallest absolute Gasteiger partial charge is 0.262 e. The van der Waals surface area contributed by atoms with E-state index in [1.807, 2.05) is 0 Å². The Balaban J connectivity index is 2.38. The highest BCUT2D eigenvalue weighted by atomic mass is 32.2. The molecule has 2 rings (SSSR count). The van der Waals surface area contributed by atoms with Crippen LogP contribution in [0.2, 0.25) is 0 Å². The van der Waals surface area contributed by atoms with Crippen LogP contribution in [0.1, 0.15) is 11.1 Å². The highest BCUT2D eigenvalue weighted by Crippen LogP contribution is 2.21. The average Bonchev–Trinajstić information content (AvgIpc) is 2.41. The molecule has 0 aliphatic carbocycles. The molecule has 0 spiro atoms. The normalized spacial score (nSPS) is 11.3. The minimum Gasteiger partial charge on any atom is -0.392 e. The van der Waals surface area contributed by atoms with Gasteiger partial charge >= 0.3 is 0 Å². The van der Waals surface area contributed by atoms with E-state index in [-0.39, 0.29) is 11.5 Å². The topological polar surface area (TPSA) is 66.4 Å². The second-order valence-corrected chi connectivity index (χ2v) is 6.02. The Morgan fingerprint density at radius 3 is 2.65 bits per heavy atom. The molecule has 2 aromatic rings. The highest BCUT2D eigenvalue weighted by Gasteiger charge is 2.17. The van der Waals surface area contributed by atoms with Crippen LogP contribution in [-0.2, 0) is 16.6 Å². The van der Waals surface area contributed by atoms with E-state index in [0.717, 1.165) is 6.07 Å². The summed E-state index contributed by atoms with van der Waals surface area (Å²) in [6.07, 6.45) is 0. The molecule has 20 heavy (non-hydrogen) atoms. The summed E-state index contributed by atoms with van der Waals surface area (Å²) in [6, 6.07) is 9.98. The van der Waals surface area contributed by atoms with Crippen molar-refractivity contribution >= 4 is 15.7 Å². The summed E-state index contributed by atoms with van der Waals surface area (Å²) in [7, 11) is -3.86. The Morgan fingerprint density at radius 2 is 1.95 bits per heavy atom. The van der Waals surface area contributed by atoms with Gasteiger partial charge in [-0.05, 0) is 42.3 Å². The maximum atomic E-state index is 13.2. The van der Waals surface area contributed by atoms with E-state index in [2.05, 4.69) is 4.72 Å². The van der Waals surface area contributed by atoms with Crippen molar-refractivity contribution in [2.75, 3.05) is 4.72 Å². The quantitative estimate of drug-likeness (QED) is 0.910. The first kappa shape index (κ1) is 14.5. The van der Waals surface area contributed by atoms with Gasteiger partial charge in [-0.15, -0.1) is 0 Å². The van der Waals surface area contributed by atoms with E-state index in [1.54, 1.807) is 25.1 Å². The molecule has 0 aliphatic rings. The first-order valence-corrected chi connectivity index (χ1v) is 7.39. The summed E-state index contributed by atoms with van der Waals surface area (Å²) >= 11 is 0. The van der Waals surface area contributed by atoms with Crippen molar-refractivity contribution in [3.05, 3.63) is 59.4 Å². The van der Waals surface area contributed by atoms with Crippen molar-refractivity contribution < 1.29 is 17.9 Å². The Labute approximate surface area is 116 Å². The molecule has 0 radical (unpaired) electrons. The predicted octanol–water partition coefficient (Wildman–Crippen LogP) is 2.43.